The van der Waals surface area contributed by atoms with Gasteiger partial charge in [0.25, 0.3) is 11.8 Å². The third-order valence-electron chi connectivity index (χ3n) is 4.42. The summed E-state index contributed by atoms with van der Waals surface area (Å²) < 4.78 is 40.2. The van der Waals surface area contributed by atoms with Crippen molar-refractivity contribution < 1.29 is 22.4 Å². The molecule has 156 valence electrons. The van der Waals surface area contributed by atoms with Gasteiger partial charge in [0.05, 0.1) is 16.0 Å². The molecule has 0 fully saturated rings. The van der Waals surface area contributed by atoms with Crippen molar-refractivity contribution in [2.24, 2.45) is 5.73 Å². The Bertz CT molecular complexity index is 1230. The molecule has 0 unspecified atom stereocenters. The number of nitrogens with one attached hydrogen (secondary N) is 1. The van der Waals surface area contributed by atoms with Crippen LogP contribution in [-0.2, 0) is 9.84 Å². The maximum Gasteiger partial charge on any atom is 0.259 e. The number of anilines is 1. The fourth-order valence-electron chi connectivity index (χ4n) is 2.90. The van der Waals surface area contributed by atoms with Crippen molar-refractivity contribution in [1.29, 1.82) is 0 Å². The van der Waals surface area contributed by atoms with Crippen molar-refractivity contribution in [2.45, 2.75) is 28.9 Å². The minimum Gasteiger partial charge on any atom is -0.366 e. The highest BCUT2D eigenvalue weighted by molar-refractivity contribution is 7.93. The smallest absolute Gasteiger partial charge is 0.259 e. The first kappa shape index (κ1) is 21.7. The van der Waals surface area contributed by atoms with Crippen LogP contribution >= 0.6 is 11.3 Å². The summed E-state index contributed by atoms with van der Waals surface area (Å²) in [5, 5.41) is 2.35. The van der Waals surface area contributed by atoms with Crippen LogP contribution in [0.1, 0.15) is 46.0 Å². The van der Waals surface area contributed by atoms with E-state index in [4.69, 9.17) is 5.73 Å². The number of sulfone groups is 1. The van der Waals surface area contributed by atoms with Crippen LogP contribution in [-0.4, -0.2) is 20.2 Å². The van der Waals surface area contributed by atoms with Crippen molar-refractivity contribution in [1.82, 2.24) is 0 Å². The van der Waals surface area contributed by atoms with Crippen LogP contribution in [0.2, 0.25) is 0 Å². The van der Waals surface area contributed by atoms with Gasteiger partial charge in [0.15, 0.2) is 0 Å². The summed E-state index contributed by atoms with van der Waals surface area (Å²) in [6, 6.07) is 13.0. The highest BCUT2D eigenvalue weighted by Gasteiger charge is 2.28. The number of hydrogen-bond acceptors (Lipinski definition) is 5. The highest BCUT2D eigenvalue weighted by Crippen LogP contribution is 2.37. The molecule has 30 heavy (non-hydrogen) atoms. The predicted molar refractivity (Wildman–Crippen MR) is 113 cm³/mol. The van der Waals surface area contributed by atoms with Crippen LogP contribution in [0.25, 0.3) is 0 Å². The average molecular weight is 447 g/mol. The summed E-state index contributed by atoms with van der Waals surface area (Å²) in [6.45, 7) is 3.75. The lowest BCUT2D eigenvalue weighted by atomic mass is 10.0. The molecule has 0 saturated carbocycles. The van der Waals surface area contributed by atoms with Crippen molar-refractivity contribution in [3.05, 3.63) is 77.1 Å². The van der Waals surface area contributed by atoms with E-state index in [0.717, 1.165) is 12.1 Å². The molecule has 0 radical (unpaired) electrons. The topological polar surface area (TPSA) is 106 Å². The van der Waals surface area contributed by atoms with Gasteiger partial charge < -0.3 is 11.1 Å². The first-order chi connectivity index (χ1) is 14.1. The normalized spacial score (nSPS) is 11.5. The van der Waals surface area contributed by atoms with E-state index in [1.165, 1.54) is 24.3 Å². The Labute approximate surface area is 177 Å². The van der Waals surface area contributed by atoms with Crippen LogP contribution in [0.4, 0.5) is 9.39 Å². The van der Waals surface area contributed by atoms with Gasteiger partial charge in [-0.3, -0.25) is 9.59 Å². The second-order valence-corrected chi connectivity index (χ2v) is 10.00. The molecular formula is C21H19FN2O4S2. The molecule has 9 heteroatoms. The zero-order valence-corrected chi connectivity index (χ0v) is 17.8. The van der Waals surface area contributed by atoms with Crippen LogP contribution in [0.3, 0.4) is 0 Å². The molecule has 0 bridgehead atoms. The number of amides is 2. The minimum absolute atomic E-state index is 0.0493. The molecule has 0 saturated heterocycles. The Morgan fingerprint density at radius 3 is 2.30 bits per heavy atom. The maximum atomic E-state index is 13.9. The fourth-order valence-corrected chi connectivity index (χ4v) is 6.01. The number of carbonyl (C=O) groups is 2. The Morgan fingerprint density at radius 1 is 1.03 bits per heavy atom. The van der Waals surface area contributed by atoms with Gasteiger partial charge in [-0.25, -0.2) is 12.8 Å². The number of carbonyl (C=O) groups excluding carboxylic acids is 2. The maximum absolute atomic E-state index is 13.9. The SMILES string of the molecule is CC(C)c1ccccc1S(=O)(=O)c1cc(C(N)=O)c(NC(=O)c2ccccc2F)s1. The first-order valence-corrected chi connectivity index (χ1v) is 11.3. The van der Waals surface area contributed by atoms with Crippen LogP contribution in [0, 0.1) is 5.82 Å². The average Bonchev–Trinajstić information content (AvgIpc) is 3.13. The molecule has 0 spiro atoms. The number of rotatable bonds is 6. The molecule has 0 atom stereocenters. The molecule has 0 aliphatic rings. The van der Waals surface area contributed by atoms with Crippen molar-refractivity contribution in [3.63, 3.8) is 0 Å². The van der Waals surface area contributed by atoms with E-state index >= 15 is 0 Å². The molecular weight excluding hydrogens is 427 g/mol. The predicted octanol–water partition coefficient (Wildman–Crippen LogP) is 4.19. The van der Waals surface area contributed by atoms with Gasteiger partial charge in [-0.2, -0.15) is 0 Å². The number of nitrogens with two attached hydrogens (primary N) is 1. The number of thiophene rings is 1. The monoisotopic (exact) mass is 446 g/mol. The van der Waals surface area contributed by atoms with Crippen molar-refractivity contribution in [3.8, 4) is 0 Å². The second kappa shape index (κ2) is 8.37. The zero-order valence-electron chi connectivity index (χ0n) is 16.2. The zero-order chi connectivity index (χ0) is 22.1. The van der Waals surface area contributed by atoms with Gasteiger partial charge in [-0.1, -0.05) is 44.2 Å². The van der Waals surface area contributed by atoms with Crippen molar-refractivity contribution in [2.75, 3.05) is 5.32 Å². The van der Waals surface area contributed by atoms with E-state index in [9.17, 15) is 22.4 Å². The number of benzene rings is 2. The van der Waals surface area contributed by atoms with E-state index in [0.29, 0.717) is 16.9 Å². The molecule has 1 heterocycles. The fraction of sp³-hybridized carbons (Fsp3) is 0.143. The third-order valence-corrected chi connectivity index (χ3v) is 7.77. The highest BCUT2D eigenvalue weighted by atomic mass is 32.2. The number of halogens is 1. The van der Waals surface area contributed by atoms with E-state index in [-0.39, 0.29) is 31.2 Å². The van der Waals surface area contributed by atoms with Crippen LogP contribution < -0.4 is 11.1 Å². The summed E-state index contributed by atoms with van der Waals surface area (Å²) in [4.78, 5) is 24.4. The molecule has 1 aromatic heterocycles. The third kappa shape index (κ3) is 4.12. The van der Waals surface area contributed by atoms with E-state index in [2.05, 4.69) is 5.32 Å². The van der Waals surface area contributed by atoms with Gasteiger partial charge in [0, 0.05) is 0 Å². The molecule has 2 amide bonds. The Hall–Kier alpha value is -3.04. The van der Waals surface area contributed by atoms with Crippen molar-refractivity contribution >= 4 is 38.0 Å². The van der Waals surface area contributed by atoms with E-state index in [1.807, 2.05) is 13.8 Å². The quantitative estimate of drug-likeness (QED) is 0.592. The molecule has 0 aliphatic heterocycles. The Kier molecular flexibility index (Phi) is 6.04. The lowest BCUT2D eigenvalue weighted by molar-refractivity contribution is 0.100. The number of primary amides is 1. The van der Waals surface area contributed by atoms with Gasteiger partial charge in [0.1, 0.15) is 15.0 Å². The second-order valence-electron chi connectivity index (χ2n) is 6.80. The van der Waals surface area contributed by atoms with Crippen LogP contribution in [0.5, 0.6) is 0 Å². The summed E-state index contributed by atoms with van der Waals surface area (Å²) in [5.41, 5.74) is 5.61. The summed E-state index contributed by atoms with van der Waals surface area (Å²) in [7, 11) is -3.97. The summed E-state index contributed by atoms with van der Waals surface area (Å²) in [5.74, 6) is -2.52. The molecule has 6 nitrogen and oxygen atoms in total. The Balaban J connectivity index is 2.06. The van der Waals surface area contributed by atoms with Gasteiger partial charge in [-0.15, -0.1) is 11.3 Å². The molecule has 2 aromatic carbocycles. The standard InChI is InChI=1S/C21H19FN2O4S2/c1-12(2)13-7-4-6-10-17(13)30(27,28)18-11-15(19(23)25)21(29-18)24-20(26)14-8-3-5-9-16(14)22/h3-12H,1-2H3,(H2,23,25)(H,24,26). The minimum atomic E-state index is -3.97. The lowest BCUT2D eigenvalue weighted by Gasteiger charge is -2.12. The molecule has 3 rings (SSSR count). The largest absolute Gasteiger partial charge is 0.366 e. The van der Waals surface area contributed by atoms with Gasteiger partial charge in [-0.05, 0) is 35.7 Å². The van der Waals surface area contributed by atoms with E-state index < -0.39 is 27.5 Å². The molecule has 3 N–H and O–H groups in total. The number of hydrogen-bond donors (Lipinski definition) is 2. The lowest BCUT2D eigenvalue weighted by Crippen LogP contribution is -2.17. The molecule has 3 aromatic rings. The van der Waals surface area contributed by atoms with Gasteiger partial charge in [0.2, 0.25) is 9.84 Å². The van der Waals surface area contributed by atoms with Crippen LogP contribution in [0.15, 0.2) is 63.7 Å². The Morgan fingerprint density at radius 2 is 1.67 bits per heavy atom. The summed E-state index contributed by atoms with van der Waals surface area (Å²) in [6.07, 6.45) is 0. The first-order valence-electron chi connectivity index (χ1n) is 8.96. The van der Waals surface area contributed by atoms with E-state index in [1.54, 1.807) is 18.2 Å². The molecule has 0 aliphatic carbocycles. The van der Waals surface area contributed by atoms with Gasteiger partial charge >= 0.3 is 0 Å². The summed E-state index contributed by atoms with van der Waals surface area (Å²) >= 11 is 0.696.